The highest BCUT2D eigenvalue weighted by molar-refractivity contribution is 5.83. The number of rotatable bonds is 11. The Labute approximate surface area is 157 Å². The van der Waals surface area contributed by atoms with Crippen LogP contribution in [0.3, 0.4) is 0 Å². The van der Waals surface area contributed by atoms with Crippen molar-refractivity contribution in [2.75, 3.05) is 13.7 Å². The second-order valence-corrected chi connectivity index (χ2v) is 5.95. The number of hydrogen-bond donors (Lipinski definition) is 0. The Kier molecular flexibility index (Phi) is 11.5. The molecule has 3 nitrogen and oxygen atoms in total. The molecule has 1 aromatic rings. The lowest BCUT2D eigenvalue weighted by Crippen LogP contribution is -1.95. The SMILES string of the molecule is CCC(/C=C/C=C(C)/C=C/CCCOCc1ccccc1)=C\C(=O)OC. The Bertz CT molecular complexity index is 637. The van der Waals surface area contributed by atoms with Crippen molar-refractivity contribution >= 4 is 5.97 Å². The number of carbonyl (C=O) groups is 1. The number of benzene rings is 1. The molecule has 0 amide bonds. The van der Waals surface area contributed by atoms with Crippen molar-refractivity contribution < 1.29 is 14.3 Å². The second kappa shape index (κ2) is 13.9. The van der Waals surface area contributed by atoms with Gasteiger partial charge in [-0.25, -0.2) is 4.79 Å². The van der Waals surface area contributed by atoms with E-state index < -0.39 is 0 Å². The smallest absolute Gasteiger partial charge is 0.330 e. The van der Waals surface area contributed by atoms with Gasteiger partial charge in [-0.3, -0.25) is 0 Å². The van der Waals surface area contributed by atoms with Crippen molar-refractivity contribution in [1.82, 2.24) is 0 Å². The van der Waals surface area contributed by atoms with Gasteiger partial charge in [0.2, 0.25) is 0 Å². The Morgan fingerprint density at radius 3 is 2.62 bits per heavy atom. The fraction of sp³-hybridized carbons (Fsp3) is 0.348. The molecule has 1 rings (SSSR count). The Balaban J connectivity index is 2.25. The van der Waals surface area contributed by atoms with Crippen LogP contribution in [0.4, 0.5) is 0 Å². The van der Waals surface area contributed by atoms with Crippen molar-refractivity contribution in [2.45, 2.75) is 39.7 Å². The van der Waals surface area contributed by atoms with Crippen molar-refractivity contribution in [1.29, 1.82) is 0 Å². The van der Waals surface area contributed by atoms with Gasteiger partial charge in [-0.15, -0.1) is 0 Å². The van der Waals surface area contributed by atoms with Gasteiger partial charge < -0.3 is 9.47 Å². The molecular weight excluding hydrogens is 324 g/mol. The van der Waals surface area contributed by atoms with E-state index in [4.69, 9.17) is 4.74 Å². The molecule has 0 heterocycles. The minimum absolute atomic E-state index is 0.318. The van der Waals surface area contributed by atoms with Crippen molar-refractivity contribution in [3.63, 3.8) is 0 Å². The molecule has 0 aromatic heterocycles. The first-order chi connectivity index (χ1) is 12.7. The summed E-state index contributed by atoms with van der Waals surface area (Å²) in [5.74, 6) is -0.318. The maximum atomic E-state index is 11.2. The van der Waals surface area contributed by atoms with E-state index in [1.54, 1.807) is 0 Å². The summed E-state index contributed by atoms with van der Waals surface area (Å²) in [6.07, 6.45) is 14.5. The minimum Gasteiger partial charge on any atom is -0.466 e. The Morgan fingerprint density at radius 2 is 1.92 bits per heavy atom. The molecule has 0 unspecified atom stereocenters. The summed E-state index contributed by atoms with van der Waals surface area (Å²) in [4.78, 5) is 11.2. The van der Waals surface area contributed by atoms with Gasteiger partial charge >= 0.3 is 5.97 Å². The highest BCUT2D eigenvalue weighted by Gasteiger charge is 1.95. The van der Waals surface area contributed by atoms with E-state index in [0.29, 0.717) is 6.61 Å². The lowest BCUT2D eigenvalue weighted by Gasteiger charge is -2.02. The van der Waals surface area contributed by atoms with E-state index in [1.807, 2.05) is 43.4 Å². The normalized spacial score (nSPS) is 12.9. The largest absolute Gasteiger partial charge is 0.466 e. The predicted octanol–water partition coefficient (Wildman–Crippen LogP) is 5.55. The van der Waals surface area contributed by atoms with Gasteiger partial charge in [-0.1, -0.05) is 73.2 Å². The third-order valence-electron chi connectivity index (χ3n) is 3.73. The molecule has 0 saturated carbocycles. The zero-order valence-electron chi connectivity index (χ0n) is 16.1. The molecule has 140 valence electrons. The van der Waals surface area contributed by atoms with Crippen LogP contribution in [0.25, 0.3) is 0 Å². The predicted molar refractivity (Wildman–Crippen MR) is 108 cm³/mol. The first-order valence-corrected chi connectivity index (χ1v) is 9.07. The average Bonchev–Trinajstić information content (AvgIpc) is 2.67. The Morgan fingerprint density at radius 1 is 1.15 bits per heavy atom. The summed E-state index contributed by atoms with van der Waals surface area (Å²) in [6.45, 7) is 5.51. The van der Waals surface area contributed by atoms with Gasteiger partial charge in [-0.2, -0.15) is 0 Å². The molecule has 3 heteroatoms. The zero-order valence-corrected chi connectivity index (χ0v) is 16.1. The molecule has 0 aliphatic heterocycles. The number of carbonyl (C=O) groups excluding carboxylic acids is 1. The standard InChI is InChI=1S/C23H30O3/c1-4-21(18-23(24)25-3)16-11-13-20(2)12-7-6-10-17-26-19-22-14-8-5-9-15-22/h5,7-9,11-16,18H,4,6,10,17,19H2,1-3H3/b12-7+,16-11+,20-13+,21-18+. The first kappa shape index (κ1) is 21.7. The lowest BCUT2D eigenvalue weighted by molar-refractivity contribution is -0.134. The van der Waals surface area contributed by atoms with Crippen molar-refractivity contribution in [3.05, 3.63) is 83.5 Å². The van der Waals surface area contributed by atoms with Crippen LogP contribution in [-0.2, 0) is 20.9 Å². The van der Waals surface area contributed by atoms with E-state index >= 15 is 0 Å². The van der Waals surface area contributed by atoms with E-state index in [9.17, 15) is 4.79 Å². The van der Waals surface area contributed by atoms with Crippen LogP contribution in [0.15, 0.2) is 77.9 Å². The Hall–Kier alpha value is -2.39. The summed E-state index contributed by atoms with van der Waals surface area (Å²) in [5, 5.41) is 0. The molecule has 0 aliphatic carbocycles. The summed E-state index contributed by atoms with van der Waals surface area (Å²) in [6, 6.07) is 10.2. The monoisotopic (exact) mass is 354 g/mol. The molecule has 0 spiro atoms. The number of allylic oxidation sites excluding steroid dienone is 7. The van der Waals surface area contributed by atoms with Crippen LogP contribution < -0.4 is 0 Å². The molecule has 0 atom stereocenters. The number of esters is 1. The third kappa shape index (κ3) is 10.5. The minimum atomic E-state index is -0.318. The van der Waals surface area contributed by atoms with E-state index in [0.717, 1.165) is 31.4 Å². The molecule has 0 radical (unpaired) electrons. The topological polar surface area (TPSA) is 35.5 Å². The molecule has 0 aliphatic rings. The van der Waals surface area contributed by atoms with Crippen molar-refractivity contribution in [3.8, 4) is 0 Å². The van der Waals surface area contributed by atoms with Gasteiger partial charge in [0.1, 0.15) is 0 Å². The molecule has 0 N–H and O–H groups in total. The van der Waals surface area contributed by atoms with Crippen molar-refractivity contribution in [2.24, 2.45) is 0 Å². The van der Waals surface area contributed by atoms with Crippen LogP contribution >= 0.6 is 0 Å². The summed E-state index contributed by atoms with van der Waals surface area (Å²) in [5.41, 5.74) is 3.32. The number of ether oxygens (including phenoxy) is 2. The van der Waals surface area contributed by atoms with Gasteiger partial charge in [-0.05, 0) is 37.3 Å². The van der Waals surface area contributed by atoms with Crippen LogP contribution in [-0.4, -0.2) is 19.7 Å². The number of unbranched alkanes of at least 4 members (excludes halogenated alkanes) is 1. The van der Waals surface area contributed by atoms with Gasteiger partial charge in [0.15, 0.2) is 0 Å². The molecular formula is C23H30O3. The quantitative estimate of drug-likeness (QED) is 0.226. The first-order valence-electron chi connectivity index (χ1n) is 9.07. The average molecular weight is 354 g/mol. The molecule has 26 heavy (non-hydrogen) atoms. The lowest BCUT2D eigenvalue weighted by atomic mass is 10.1. The molecule has 1 aromatic carbocycles. The fourth-order valence-corrected chi connectivity index (χ4v) is 2.19. The zero-order chi connectivity index (χ0) is 19.0. The summed E-state index contributed by atoms with van der Waals surface area (Å²) in [7, 11) is 1.39. The molecule has 0 saturated heterocycles. The van der Waals surface area contributed by atoms with E-state index in [2.05, 4.69) is 35.9 Å². The maximum Gasteiger partial charge on any atom is 0.330 e. The van der Waals surface area contributed by atoms with E-state index in [1.165, 1.54) is 24.3 Å². The van der Waals surface area contributed by atoms with Gasteiger partial charge in [0.05, 0.1) is 13.7 Å². The van der Waals surface area contributed by atoms with Gasteiger partial charge in [0, 0.05) is 12.7 Å². The summed E-state index contributed by atoms with van der Waals surface area (Å²) >= 11 is 0. The second-order valence-electron chi connectivity index (χ2n) is 5.95. The van der Waals surface area contributed by atoms with Gasteiger partial charge in [0.25, 0.3) is 0 Å². The summed E-state index contributed by atoms with van der Waals surface area (Å²) < 4.78 is 10.3. The van der Waals surface area contributed by atoms with Crippen LogP contribution in [0.5, 0.6) is 0 Å². The number of hydrogen-bond acceptors (Lipinski definition) is 3. The van der Waals surface area contributed by atoms with Crippen LogP contribution in [0.1, 0.15) is 38.7 Å². The van der Waals surface area contributed by atoms with E-state index in [-0.39, 0.29) is 5.97 Å². The molecule has 0 fully saturated rings. The fourth-order valence-electron chi connectivity index (χ4n) is 2.19. The maximum absolute atomic E-state index is 11.2. The third-order valence-corrected chi connectivity index (χ3v) is 3.73. The highest BCUT2D eigenvalue weighted by Crippen LogP contribution is 2.06. The highest BCUT2D eigenvalue weighted by atomic mass is 16.5. The number of methoxy groups -OCH3 is 1. The van der Waals surface area contributed by atoms with Crippen LogP contribution in [0.2, 0.25) is 0 Å². The van der Waals surface area contributed by atoms with Crippen LogP contribution in [0, 0.1) is 0 Å². The molecule has 0 bridgehead atoms.